The Bertz CT molecular complexity index is 147. The van der Waals surface area contributed by atoms with E-state index in [4.69, 9.17) is 0 Å². The topological polar surface area (TPSA) is 30.2 Å². The standard InChI is InChI=1S/C4H3O2.Li/c5-4-2-1-3-6-4;/h1-3H;/q-1;+1. The van der Waals surface area contributed by atoms with Crippen LogP contribution in [0.15, 0.2) is 27.6 Å². The van der Waals surface area contributed by atoms with Crippen LogP contribution in [0.4, 0.5) is 0 Å². The normalized spacial score (nSPS) is 7.43. The Hall–Kier alpha value is -0.323. The maximum Gasteiger partial charge on any atom is 1.00 e. The van der Waals surface area contributed by atoms with Crippen LogP contribution in [0.25, 0.3) is 0 Å². The summed E-state index contributed by atoms with van der Waals surface area (Å²) in [5.74, 6) is 0. The van der Waals surface area contributed by atoms with Crippen molar-refractivity contribution in [1.29, 1.82) is 0 Å². The van der Waals surface area contributed by atoms with Gasteiger partial charge in [-0.25, -0.2) is 0 Å². The third-order valence-corrected chi connectivity index (χ3v) is 0.495. The van der Waals surface area contributed by atoms with Gasteiger partial charge in [0.15, 0.2) is 5.63 Å². The molecule has 0 spiro atoms. The molecule has 2 nitrogen and oxygen atoms in total. The van der Waals surface area contributed by atoms with Crippen LogP contribution in [0, 0.1) is 0 Å². The summed E-state index contributed by atoms with van der Waals surface area (Å²) in [5.41, 5.74) is -0.282. The van der Waals surface area contributed by atoms with E-state index in [1.165, 1.54) is 12.3 Å². The van der Waals surface area contributed by atoms with Crippen molar-refractivity contribution in [2.45, 2.75) is 0 Å². The molecule has 3 heteroatoms. The summed E-state index contributed by atoms with van der Waals surface area (Å²) < 4.78 is 4.28. The summed E-state index contributed by atoms with van der Waals surface area (Å²) in [4.78, 5) is 9.90. The molecular formula is C4H3LiO2. The van der Waals surface area contributed by atoms with Crippen molar-refractivity contribution in [1.82, 2.24) is 0 Å². The Morgan fingerprint density at radius 3 is 2.57 bits per heavy atom. The summed E-state index contributed by atoms with van der Waals surface area (Å²) in [5, 5.41) is 0. The van der Waals surface area contributed by atoms with Crippen molar-refractivity contribution in [3.63, 3.8) is 0 Å². The summed E-state index contributed by atoms with van der Waals surface area (Å²) in [6, 6.07) is 2.92. The van der Waals surface area contributed by atoms with Crippen molar-refractivity contribution in [2.75, 3.05) is 0 Å². The van der Waals surface area contributed by atoms with E-state index in [2.05, 4.69) is 4.42 Å². The van der Waals surface area contributed by atoms with Gasteiger partial charge in [-0.05, 0) is 6.26 Å². The van der Waals surface area contributed by atoms with Gasteiger partial charge in [0.1, 0.15) is 0 Å². The minimum absolute atomic E-state index is 0. The van der Waals surface area contributed by atoms with E-state index in [-0.39, 0.29) is 24.5 Å². The Morgan fingerprint density at radius 1 is 1.71 bits per heavy atom. The van der Waals surface area contributed by atoms with Crippen LogP contribution >= 0.6 is 0 Å². The van der Waals surface area contributed by atoms with Crippen LogP contribution < -0.4 is 24.5 Å². The fraction of sp³-hybridized carbons (Fsp3) is 0. The van der Waals surface area contributed by atoms with Gasteiger partial charge < -0.3 is 9.21 Å². The second kappa shape index (κ2) is 2.79. The van der Waals surface area contributed by atoms with Crippen molar-refractivity contribution in [2.24, 2.45) is 0 Å². The molecule has 0 N–H and O–H groups in total. The van der Waals surface area contributed by atoms with Crippen LogP contribution in [-0.2, 0) is 0 Å². The van der Waals surface area contributed by atoms with E-state index in [1.807, 2.05) is 0 Å². The van der Waals surface area contributed by atoms with Crippen molar-refractivity contribution in [3.8, 4) is 0 Å². The molecule has 0 aromatic carbocycles. The maximum absolute atomic E-state index is 9.90. The third-order valence-electron chi connectivity index (χ3n) is 0.495. The average Bonchev–Trinajstić information content (AvgIpc) is 1.86. The molecule has 1 aromatic rings. The van der Waals surface area contributed by atoms with Gasteiger partial charge in [-0.15, -0.1) is 12.1 Å². The number of rotatable bonds is 0. The molecule has 7 heavy (non-hydrogen) atoms. The van der Waals surface area contributed by atoms with Gasteiger partial charge in [-0.3, -0.25) is 0 Å². The molecule has 0 amide bonds. The Balaban J connectivity index is 0.000000360. The van der Waals surface area contributed by atoms with Crippen molar-refractivity contribution in [3.05, 3.63) is 28.8 Å². The minimum atomic E-state index is -0.282. The molecule has 0 bridgehead atoms. The molecule has 1 heterocycles. The predicted octanol–water partition coefficient (Wildman–Crippen LogP) is -2.64. The average molecular weight is 90.0 g/mol. The number of hydrogen-bond donors (Lipinski definition) is 0. The van der Waals surface area contributed by atoms with Gasteiger partial charge in [0.2, 0.25) is 0 Å². The van der Waals surface area contributed by atoms with Crippen LogP contribution in [-0.4, -0.2) is 0 Å². The molecule has 1 rings (SSSR count). The third kappa shape index (κ3) is 1.72. The largest absolute Gasteiger partial charge is 1.00 e. The second-order valence-corrected chi connectivity index (χ2v) is 0.932. The van der Waals surface area contributed by atoms with Crippen LogP contribution in [0.1, 0.15) is 0 Å². The van der Waals surface area contributed by atoms with Crippen LogP contribution in [0.3, 0.4) is 0 Å². The van der Waals surface area contributed by atoms with Gasteiger partial charge in [-0.1, -0.05) is 0 Å². The molecule has 0 atom stereocenters. The van der Waals surface area contributed by atoms with Gasteiger partial charge in [-0.2, -0.15) is 0 Å². The predicted molar refractivity (Wildman–Crippen MR) is 20.6 cm³/mol. The summed E-state index contributed by atoms with van der Waals surface area (Å²) >= 11 is 0. The molecule has 0 fully saturated rings. The molecular weight excluding hydrogens is 87.0 g/mol. The van der Waals surface area contributed by atoms with Gasteiger partial charge >= 0.3 is 18.9 Å². The molecule has 0 saturated heterocycles. The molecule has 0 radical (unpaired) electrons. The van der Waals surface area contributed by atoms with E-state index in [0.717, 1.165) is 0 Å². The molecule has 0 aliphatic rings. The Kier molecular flexibility index (Phi) is 2.66. The second-order valence-electron chi connectivity index (χ2n) is 0.932. The van der Waals surface area contributed by atoms with E-state index in [0.29, 0.717) is 0 Å². The summed E-state index contributed by atoms with van der Waals surface area (Å²) in [6.45, 7) is 0. The zero-order valence-electron chi connectivity index (χ0n) is 4.05. The SMILES string of the molecule is O=c1cc[cH-]o1.[Li+]. The first-order chi connectivity index (χ1) is 2.89. The van der Waals surface area contributed by atoms with E-state index < -0.39 is 0 Å². The molecule has 0 aliphatic heterocycles. The quantitative estimate of drug-likeness (QED) is 0.257. The van der Waals surface area contributed by atoms with Gasteiger partial charge in [0, 0.05) is 0 Å². The van der Waals surface area contributed by atoms with E-state index in [1.54, 1.807) is 6.07 Å². The monoisotopic (exact) mass is 90.0 g/mol. The van der Waals surface area contributed by atoms with Gasteiger partial charge in [0.05, 0.1) is 0 Å². The van der Waals surface area contributed by atoms with Crippen molar-refractivity contribution < 1.29 is 23.3 Å². The Morgan fingerprint density at radius 2 is 2.43 bits per heavy atom. The fourth-order valence-corrected chi connectivity index (χ4v) is 0.263. The fourth-order valence-electron chi connectivity index (χ4n) is 0.263. The maximum atomic E-state index is 9.90. The summed E-state index contributed by atoms with van der Waals surface area (Å²) in [7, 11) is 0. The zero-order chi connectivity index (χ0) is 4.41. The number of furan rings is 1. The smallest absolute Gasteiger partial charge is 0.559 e. The van der Waals surface area contributed by atoms with E-state index in [9.17, 15) is 4.79 Å². The molecule has 0 saturated carbocycles. The van der Waals surface area contributed by atoms with Crippen LogP contribution in [0.2, 0.25) is 0 Å². The minimum Gasteiger partial charge on any atom is -0.559 e. The van der Waals surface area contributed by atoms with Crippen molar-refractivity contribution >= 4 is 0 Å². The zero-order valence-corrected chi connectivity index (χ0v) is 4.05. The van der Waals surface area contributed by atoms with Gasteiger partial charge in [0.25, 0.3) is 0 Å². The van der Waals surface area contributed by atoms with Crippen LogP contribution in [0.5, 0.6) is 0 Å². The number of hydrogen-bond acceptors (Lipinski definition) is 2. The first-order valence-corrected chi connectivity index (χ1v) is 1.60. The Labute approximate surface area is 52.7 Å². The molecule has 0 aliphatic carbocycles. The first-order valence-electron chi connectivity index (χ1n) is 1.60. The molecule has 0 unspecified atom stereocenters. The van der Waals surface area contributed by atoms with E-state index >= 15 is 0 Å². The summed E-state index contributed by atoms with van der Waals surface area (Å²) in [6.07, 6.45) is 1.35. The molecule has 32 valence electrons. The molecule has 1 aromatic heterocycles. The first kappa shape index (κ1) is 6.68.